The Morgan fingerprint density at radius 2 is 1.07 bits per heavy atom. The van der Waals surface area contributed by atoms with Crippen molar-refractivity contribution >= 4 is 9.84 Å². The lowest BCUT2D eigenvalue weighted by Gasteiger charge is -2.00. The predicted octanol–water partition coefficient (Wildman–Crippen LogP) is 7.09. The zero-order chi connectivity index (χ0) is 24.9. The fourth-order valence-electron chi connectivity index (χ4n) is 1.24. The standard InChI is InChI=1S/C6H15N.C6H14O2S.C6H14O.3C2H6/c1-6(2)4-5-7-3;1-6(2)4-5-9(3,7)8;1-6(2)4-5-7-3;3*1-2/h6-7H,4-5H2,1-3H3;6H,4-5H2,1-3H3;6H,4-5H2,1-3H3;3*1-2H3. The van der Waals surface area contributed by atoms with E-state index < -0.39 is 9.84 Å². The highest BCUT2D eigenvalue weighted by Gasteiger charge is 2.02. The number of sulfone groups is 1. The highest BCUT2D eigenvalue weighted by atomic mass is 32.2. The highest BCUT2D eigenvalue weighted by molar-refractivity contribution is 7.90. The van der Waals surface area contributed by atoms with Gasteiger partial charge in [-0.1, -0.05) is 83.1 Å². The van der Waals surface area contributed by atoms with Gasteiger partial charge in [0.05, 0.1) is 5.75 Å². The minimum absolute atomic E-state index is 0.324. The van der Waals surface area contributed by atoms with Gasteiger partial charge in [0.2, 0.25) is 0 Å². The molecule has 0 saturated heterocycles. The van der Waals surface area contributed by atoms with Crippen molar-refractivity contribution in [1.29, 1.82) is 0 Å². The normalized spacial score (nSPS) is 9.45. The number of methoxy groups -OCH3 is 1. The molecule has 0 saturated carbocycles. The minimum atomic E-state index is -2.72. The summed E-state index contributed by atoms with van der Waals surface area (Å²) in [5.74, 6) is 2.43. The first kappa shape index (κ1) is 42.9. The van der Waals surface area contributed by atoms with E-state index in [1.807, 2.05) is 62.4 Å². The van der Waals surface area contributed by atoms with Gasteiger partial charge in [-0.3, -0.25) is 0 Å². The van der Waals surface area contributed by atoms with Crippen LogP contribution in [0.3, 0.4) is 0 Å². The van der Waals surface area contributed by atoms with Gasteiger partial charge < -0.3 is 10.1 Å². The lowest BCUT2D eigenvalue weighted by molar-refractivity contribution is 0.183. The molecule has 0 fully saturated rings. The van der Waals surface area contributed by atoms with Crippen molar-refractivity contribution in [2.24, 2.45) is 17.8 Å². The molecule has 5 heteroatoms. The number of ether oxygens (including phenoxy) is 1. The van der Waals surface area contributed by atoms with E-state index in [0.717, 1.165) is 31.4 Å². The molecule has 0 unspecified atom stereocenters. The molecular formula is C24H61NO3S. The van der Waals surface area contributed by atoms with Crippen LogP contribution in [0.5, 0.6) is 0 Å². The first-order valence-corrected chi connectivity index (χ1v) is 13.8. The first-order valence-electron chi connectivity index (χ1n) is 11.8. The van der Waals surface area contributed by atoms with E-state index in [0.29, 0.717) is 11.7 Å². The Bertz CT molecular complexity index is 302. The van der Waals surface area contributed by atoms with E-state index in [2.05, 4.69) is 33.0 Å². The van der Waals surface area contributed by atoms with Crippen molar-refractivity contribution in [1.82, 2.24) is 5.32 Å². The van der Waals surface area contributed by atoms with Crippen molar-refractivity contribution in [3.05, 3.63) is 0 Å². The molecule has 0 aliphatic heterocycles. The molecule has 0 aromatic carbocycles. The smallest absolute Gasteiger partial charge is 0.147 e. The van der Waals surface area contributed by atoms with Crippen molar-refractivity contribution in [3.8, 4) is 0 Å². The van der Waals surface area contributed by atoms with Gasteiger partial charge in [0.15, 0.2) is 0 Å². The predicted molar refractivity (Wildman–Crippen MR) is 138 cm³/mol. The first-order chi connectivity index (χ1) is 13.5. The monoisotopic (exact) mass is 443 g/mol. The van der Waals surface area contributed by atoms with Gasteiger partial charge in [-0.15, -0.1) is 0 Å². The molecule has 0 aromatic heterocycles. The maximum atomic E-state index is 10.5. The fraction of sp³-hybridized carbons (Fsp3) is 1.00. The van der Waals surface area contributed by atoms with Gasteiger partial charge in [-0.25, -0.2) is 8.42 Å². The van der Waals surface area contributed by atoms with Crippen LogP contribution in [0.2, 0.25) is 0 Å². The largest absolute Gasteiger partial charge is 0.385 e. The maximum Gasteiger partial charge on any atom is 0.147 e. The zero-order valence-electron chi connectivity index (χ0n) is 23.1. The molecular weight excluding hydrogens is 382 g/mol. The van der Waals surface area contributed by atoms with Gasteiger partial charge in [-0.2, -0.15) is 0 Å². The quantitative estimate of drug-likeness (QED) is 0.413. The van der Waals surface area contributed by atoms with E-state index in [1.165, 1.54) is 19.1 Å². The van der Waals surface area contributed by atoms with Crippen LogP contribution >= 0.6 is 0 Å². The lowest BCUT2D eigenvalue weighted by Crippen LogP contribution is -2.09. The molecule has 0 spiro atoms. The summed E-state index contributed by atoms with van der Waals surface area (Å²) in [6, 6.07) is 0. The molecule has 1 N–H and O–H groups in total. The molecule has 0 bridgehead atoms. The second-order valence-electron chi connectivity index (χ2n) is 7.27. The molecule has 29 heavy (non-hydrogen) atoms. The van der Waals surface area contributed by atoms with Crippen LogP contribution < -0.4 is 5.32 Å². The average molecular weight is 444 g/mol. The summed E-state index contributed by atoms with van der Waals surface area (Å²) in [6.45, 7) is 26.9. The molecule has 0 amide bonds. The van der Waals surface area contributed by atoms with Gasteiger partial charge in [0.1, 0.15) is 9.84 Å². The Hall–Kier alpha value is -0.130. The van der Waals surface area contributed by atoms with E-state index in [1.54, 1.807) is 7.11 Å². The summed E-state index contributed by atoms with van der Waals surface area (Å²) >= 11 is 0. The molecule has 186 valence electrons. The topological polar surface area (TPSA) is 55.4 Å². The Kier molecular flexibility index (Phi) is 56.9. The van der Waals surface area contributed by atoms with Crippen LogP contribution in [0.25, 0.3) is 0 Å². The molecule has 0 radical (unpaired) electrons. The number of rotatable bonds is 9. The fourth-order valence-corrected chi connectivity index (χ4v) is 2.14. The van der Waals surface area contributed by atoms with Gasteiger partial charge in [0.25, 0.3) is 0 Å². The Balaban J connectivity index is -0.0000000608. The van der Waals surface area contributed by atoms with Crippen molar-refractivity contribution < 1.29 is 13.2 Å². The lowest BCUT2D eigenvalue weighted by atomic mass is 10.1. The summed E-state index contributed by atoms with van der Waals surface area (Å²) in [5.41, 5.74) is 0. The Morgan fingerprint density at radius 3 is 1.17 bits per heavy atom. The maximum absolute atomic E-state index is 10.5. The summed E-state index contributed by atoms with van der Waals surface area (Å²) in [6.07, 6.45) is 4.52. The zero-order valence-corrected chi connectivity index (χ0v) is 23.9. The Morgan fingerprint density at radius 1 is 0.724 bits per heavy atom. The summed E-state index contributed by atoms with van der Waals surface area (Å²) in [4.78, 5) is 0. The summed E-state index contributed by atoms with van der Waals surface area (Å²) < 4.78 is 25.9. The molecule has 0 heterocycles. The van der Waals surface area contributed by atoms with Gasteiger partial charge in [-0.05, 0) is 50.6 Å². The number of nitrogens with one attached hydrogen (secondary N) is 1. The second-order valence-corrected chi connectivity index (χ2v) is 9.53. The third-order valence-electron chi connectivity index (χ3n) is 2.94. The minimum Gasteiger partial charge on any atom is -0.385 e. The van der Waals surface area contributed by atoms with Crippen molar-refractivity contribution in [3.63, 3.8) is 0 Å². The van der Waals surface area contributed by atoms with E-state index in [9.17, 15) is 8.42 Å². The molecule has 0 rings (SSSR count). The van der Waals surface area contributed by atoms with Crippen molar-refractivity contribution in [2.75, 3.05) is 39.3 Å². The van der Waals surface area contributed by atoms with Crippen LogP contribution in [0.1, 0.15) is 102 Å². The SMILES string of the molecule is CC.CC.CC.CC(C)CCS(C)(=O)=O.CNCCC(C)C.COCCC(C)C. The number of hydrogen-bond donors (Lipinski definition) is 1. The molecule has 0 aromatic rings. The summed E-state index contributed by atoms with van der Waals surface area (Å²) in [5, 5.41) is 3.10. The Labute approximate surface area is 187 Å². The van der Waals surface area contributed by atoms with E-state index >= 15 is 0 Å². The third kappa shape index (κ3) is 97.0. The van der Waals surface area contributed by atoms with E-state index in [-0.39, 0.29) is 0 Å². The number of hydrogen-bond acceptors (Lipinski definition) is 4. The van der Waals surface area contributed by atoms with Crippen LogP contribution in [-0.4, -0.2) is 47.7 Å². The molecule has 0 aliphatic rings. The van der Waals surface area contributed by atoms with Gasteiger partial charge in [0, 0.05) is 20.0 Å². The molecule has 0 atom stereocenters. The molecule has 4 nitrogen and oxygen atoms in total. The third-order valence-corrected chi connectivity index (χ3v) is 3.91. The van der Waals surface area contributed by atoms with Crippen LogP contribution in [-0.2, 0) is 14.6 Å². The van der Waals surface area contributed by atoms with Gasteiger partial charge >= 0.3 is 0 Å². The van der Waals surface area contributed by atoms with Crippen molar-refractivity contribution in [2.45, 2.75) is 102 Å². The second kappa shape index (κ2) is 38.5. The van der Waals surface area contributed by atoms with Crippen LogP contribution in [0.15, 0.2) is 0 Å². The highest BCUT2D eigenvalue weighted by Crippen LogP contribution is 2.00. The van der Waals surface area contributed by atoms with E-state index in [4.69, 9.17) is 4.74 Å². The van der Waals surface area contributed by atoms with Crippen LogP contribution in [0, 0.1) is 17.8 Å². The average Bonchev–Trinajstić information content (AvgIpc) is 2.68. The molecule has 0 aliphatic carbocycles. The summed E-state index contributed by atoms with van der Waals surface area (Å²) in [7, 11) is 1.01. The van der Waals surface area contributed by atoms with Crippen LogP contribution in [0.4, 0.5) is 0 Å².